The van der Waals surface area contributed by atoms with E-state index in [9.17, 15) is 4.79 Å². The highest BCUT2D eigenvalue weighted by molar-refractivity contribution is 5.88. The van der Waals surface area contributed by atoms with E-state index in [0.717, 1.165) is 22.6 Å². The summed E-state index contributed by atoms with van der Waals surface area (Å²) >= 11 is 0. The van der Waals surface area contributed by atoms with E-state index in [2.05, 4.69) is 10.6 Å². The van der Waals surface area contributed by atoms with E-state index in [0.29, 0.717) is 6.54 Å². The molecule has 0 heterocycles. The molecule has 19 heavy (non-hydrogen) atoms. The molecular weight excluding hydrogens is 238 g/mol. The number of anilines is 3. The van der Waals surface area contributed by atoms with Crippen LogP contribution in [0.1, 0.15) is 12.5 Å². The molecule has 0 aromatic heterocycles. The molecule has 0 saturated carbocycles. The van der Waals surface area contributed by atoms with Crippen molar-refractivity contribution in [3.8, 4) is 0 Å². The largest absolute Gasteiger partial charge is 0.398 e. The van der Waals surface area contributed by atoms with Gasteiger partial charge in [0.2, 0.25) is 5.91 Å². The van der Waals surface area contributed by atoms with Crippen molar-refractivity contribution in [3.05, 3.63) is 54.1 Å². The average molecular weight is 255 g/mol. The quantitative estimate of drug-likeness (QED) is 0.736. The van der Waals surface area contributed by atoms with Gasteiger partial charge in [-0.2, -0.15) is 0 Å². The molecule has 1 amide bonds. The molecule has 0 aliphatic rings. The van der Waals surface area contributed by atoms with Crippen LogP contribution in [0.25, 0.3) is 0 Å². The van der Waals surface area contributed by atoms with Gasteiger partial charge in [0, 0.05) is 30.5 Å². The Bertz CT molecular complexity index is 564. The molecule has 0 atom stereocenters. The van der Waals surface area contributed by atoms with E-state index in [4.69, 9.17) is 5.73 Å². The van der Waals surface area contributed by atoms with E-state index >= 15 is 0 Å². The van der Waals surface area contributed by atoms with Crippen LogP contribution in [-0.2, 0) is 11.3 Å². The topological polar surface area (TPSA) is 67.2 Å². The number of rotatable bonds is 4. The van der Waals surface area contributed by atoms with Gasteiger partial charge in [0.05, 0.1) is 0 Å². The van der Waals surface area contributed by atoms with E-state index in [1.807, 2.05) is 48.5 Å². The number of nitrogen functional groups attached to an aromatic ring is 1. The molecule has 2 rings (SSSR count). The van der Waals surface area contributed by atoms with Crippen LogP contribution >= 0.6 is 0 Å². The van der Waals surface area contributed by atoms with Crippen LogP contribution in [0.3, 0.4) is 0 Å². The Balaban J connectivity index is 1.97. The summed E-state index contributed by atoms with van der Waals surface area (Å²) in [5, 5.41) is 6.02. The molecule has 4 N–H and O–H groups in total. The van der Waals surface area contributed by atoms with Gasteiger partial charge in [-0.05, 0) is 35.9 Å². The molecule has 0 fully saturated rings. The maximum absolute atomic E-state index is 10.9. The molecule has 2 aromatic carbocycles. The predicted octanol–water partition coefficient (Wildman–Crippen LogP) is 2.84. The molecule has 2 aromatic rings. The number of hydrogen-bond donors (Lipinski definition) is 3. The van der Waals surface area contributed by atoms with Gasteiger partial charge in [0.25, 0.3) is 0 Å². The SMILES string of the molecule is CC(=O)Nc1ccc(NCc2ccccc2N)cc1. The first-order chi connectivity index (χ1) is 9.15. The average Bonchev–Trinajstić information content (AvgIpc) is 2.39. The number of carbonyl (C=O) groups is 1. The lowest BCUT2D eigenvalue weighted by molar-refractivity contribution is -0.114. The van der Waals surface area contributed by atoms with Crippen molar-refractivity contribution in [2.24, 2.45) is 0 Å². The molecule has 0 spiro atoms. The summed E-state index contributed by atoms with van der Waals surface area (Å²) in [6.07, 6.45) is 0. The Morgan fingerprint density at radius 3 is 2.32 bits per heavy atom. The smallest absolute Gasteiger partial charge is 0.221 e. The zero-order valence-electron chi connectivity index (χ0n) is 10.8. The van der Waals surface area contributed by atoms with Crippen molar-refractivity contribution in [2.75, 3.05) is 16.4 Å². The van der Waals surface area contributed by atoms with Crippen LogP contribution in [0.4, 0.5) is 17.1 Å². The molecule has 0 bridgehead atoms. The van der Waals surface area contributed by atoms with Gasteiger partial charge in [-0.15, -0.1) is 0 Å². The Kier molecular flexibility index (Phi) is 4.03. The van der Waals surface area contributed by atoms with Crippen molar-refractivity contribution in [1.29, 1.82) is 0 Å². The van der Waals surface area contributed by atoms with Crippen LogP contribution in [0.2, 0.25) is 0 Å². The van der Waals surface area contributed by atoms with Crippen LogP contribution in [0, 0.1) is 0 Å². The van der Waals surface area contributed by atoms with Gasteiger partial charge in [0.1, 0.15) is 0 Å². The van der Waals surface area contributed by atoms with E-state index in [1.54, 1.807) is 0 Å². The standard InChI is InChI=1S/C15H17N3O/c1-11(19)18-14-8-6-13(7-9-14)17-10-12-4-2-3-5-15(12)16/h2-9,17H,10,16H2,1H3,(H,18,19). The molecule has 0 radical (unpaired) electrons. The van der Waals surface area contributed by atoms with Gasteiger partial charge >= 0.3 is 0 Å². The molecule has 0 saturated heterocycles. The lowest BCUT2D eigenvalue weighted by Crippen LogP contribution is -2.06. The lowest BCUT2D eigenvalue weighted by Gasteiger charge is -2.09. The summed E-state index contributed by atoms with van der Waals surface area (Å²) < 4.78 is 0. The maximum Gasteiger partial charge on any atom is 0.221 e. The normalized spacial score (nSPS) is 9.95. The minimum atomic E-state index is -0.0715. The first-order valence-corrected chi connectivity index (χ1v) is 6.10. The number of benzene rings is 2. The fourth-order valence-electron chi connectivity index (χ4n) is 1.77. The number of nitrogens with one attached hydrogen (secondary N) is 2. The van der Waals surface area contributed by atoms with Gasteiger partial charge in [-0.25, -0.2) is 0 Å². The Morgan fingerprint density at radius 2 is 1.68 bits per heavy atom. The zero-order valence-corrected chi connectivity index (χ0v) is 10.8. The van der Waals surface area contributed by atoms with Crippen LogP contribution in [-0.4, -0.2) is 5.91 Å². The highest BCUT2D eigenvalue weighted by Gasteiger charge is 1.99. The summed E-state index contributed by atoms with van der Waals surface area (Å²) in [6, 6.07) is 15.3. The monoisotopic (exact) mass is 255 g/mol. The molecule has 0 unspecified atom stereocenters. The molecule has 0 aliphatic heterocycles. The third-order valence-corrected chi connectivity index (χ3v) is 2.74. The maximum atomic E-state index is 10.9. The van der Waals surface area contributed by atoms with Crippen LogP contribution in [0.15, 0.2) is 48.5 Å². The van der Waals surface area contributed by atoms with Crippen molar-refractivity contribution in [3.63, 3.8) is 0 Å². The molecule has 4 nitrogen and oxygen atoms in total. The van der Waals surface area contributed by atoms with Gasteiger partial charge in [-0.3, -0.25) is 4.79 Å². The van der Waals surface area contributed by atoms with E-state index in [1.165, 1.54) is 6.92 Å². The van der Waals surface area contributed by atoms with Crippen molar-refractivity contribution >= 4 is 23.0 Å². The first kappa shape index (κ1) is 13.0. The van der Waals surface area contributed by atoms with Gasteiger partial charge in [0.15, 0.2) is 0 Å². The van der Waals surface area contributed by atoms with Crippen molar-refractivity contribution in [1.82, 2.24) is 0 Å². The Labute approximate surface area is 112 Å². The first-order valence-electron chi connectivity index (χ1n) is 6.10. The summed E-state index contributed by atoms with van der Waals surface area (Å²) in [5.74, 6) is -0.0715. The number of hydrogen-bond acceptors (Lipinski definition) is 3. The van der Waals surface area contributed by atoms with Crippen LogP contribution in [0.5, 0.6) is 0 Å². The molecule has 98 valence electrons. The Hall–Kier alpha value is -2.49. The third-order valence-electron chi connectivity index (χ3n) is 2.74. The lowest BCUT2D eigenvalue weighted by atomic mass is 10.2. The summed E-state index contributed by atoms with van der Waals surface area (Å²) in [5.41, 5.74) is 9.49. The molecule has 4 heteroatoms. The second kappa shape index (κ2) is 5.91. The minimum absolute atomic E-state index is 0.0715. The van der Waals surface area contributed by atoms with Gasteiger partial charge < -0.3 is 16.4 Å². The fraction of sp³-hybridized carbons (Fsp3) is 0.133. The minimum Gasteiger partial charge on any atom is -0.398 e. The second-order valence-electron chi connectivity index (χ2n) is 4.31. The van der Waals surface area contributed by atoms with Gasteiger partial charge in [-0.1, -0.05) is 18.2 Å². The number of para-hydroxylation sites is 1. The number of carbonyl (C=O) groups excluding carboxylic acids is 1. The zero-order chi connectivity index (χ0) is 13.7. The van der Waals surface area contributed by atoms with Crippen LogP contribution < -0.4 is 16.4 Å². The van der Waals surface area contributed by atoms with Crippen molar-refractivity contribution in [2.45, 2.75) is 13.5 Å². The molecule has 0 aliphatic carbocycles. The highest BCUT2D eigenvalue weighted by atomic mass is 16.1. The number of nitrogens with two attached hydrogens (primary N) is 1. The predicted molar refractivity (Wildman–Crippen MR) is 78.9 cm³/mol. The highest BCUT2D eigenvalue weighted by Crippen LogP contribution is 2.16. The fourth-order valence-corrected chi connectivity index (χ4v) is 1.77. The van der Waals surface area contributed by atoms with Crippen molar-refractivity contribution < 1.29 is 4.79 Å². The third kappa shape index (κ3) is 3.74. The summed E-state index contributed by atoms with van der Waals surface area (Å²) in [7, 11) is 0. The summed E-state index contributed by atoms with van der Waals surface area (Å²) in [6.45, 7) is 2.16. The van der Waals surface area contributed by atoms with E-state index in [-0.39, 0.29) is 5.91 Å². The molecular formula is C15H17N3O. The second-order valence-corrected chi connectivity index (χ2v) is 4.31. The number of amides is 1. The van der Waals surface area contributed by atoms with E-state index < -0.39 is 0 Å². The Morgan fingerprint density at radius 1 is 1.05 bits per heavy atom. The summed E-state index contributed by atoms with van der Waals surface area (Å²) in [4.78, 5) is 10.9.